The van der Waals surface area contributed by atoms with Crippen LogP contribution in [0.4, 0.5) is 5.69 Å². The first kappa shape index (κ1) is 14.5. The van der Waals surface area contributed by atoms with E-state index in [1.54, 1.807) is 26.0 Å². The van der Waals surface area contributed by atoms with Crippen molar-refractivity contribution >= 4 is 21.9 Å². The fourth-order valence-electron chi connectivity index (χ4n) is 1.33. The third kappa shape index (κ3) is 4.01. The maximum Gasteiger partial charge on any atom is 0.340 e. The number of para-hydroxylation sites is 1. The molecule has 18 heavy (non-hydrogen) atoms. The van der Waals surface area contributed by atoms with Gasteiger partial charge >= 0.3 is 5.97 Å². The molecule has 0 aliphatic rings. The van der Waals surface area contributed by atoms with Crippen LogP contribution in [0.1, 0.15) is 24.2 Å². The number of esters is 1. The normalized spacial score (nSPS) is 11.0. The number of carbonyl (C=O) groups excluding carboxylic acids is 1. The molecule has 0 heterocycles. The molecule has 0 aliphatic carbocycles. The van der Waals surface area contributed by atoms with E-state index in [1.165, 1.54) is 12.1 Å². The van der Waals surface area contributed by atoms with Crippen molar-refractivity contribution in [2.75, 3.05) is 17.9 Å². The van der Waals surface area contributed by atoms with Gasteiger partial charge in [0, 0.05) is 6.54 Å². The summed E-state index contributed by atoms with van der Waals surface area (Å²) in [6, 6.07) is 6.27. The van der Waals surface area contributed by atoms with Gasteiger partial charge in [-0.15, -0.1) is 0 Å². The van der Waals surface area contributed by atoms with Gasteiger partial charge in [0.15, 0.2) is 0 Å². The van der Waals surface area contributed by atoms with Gasteiger partial charge in [-0.2, -0.15) is 13.1 Å². The predicted octanol–water partition coefficient (Wildman–Crippen LogP) is 1.13. The minimum absolute atomic E-state index is 0.181. The Hall–Kier alpha value is -1.60. The van der Waals surface area contributed by atoms with Crippen LogP contribution >= 0.6 is 0 Å². The highest BCUT2D eigenvalue weighted by molar-refractivity contribution is 7.90. The average molecular weight is 272 g/mol. The van der Waals surface area contributed by atoms with Gasteiger partial charge in [-0.1, -0.05) is 19.1 Å². The molecule has 0 unspecified atom stereocenters. The summed E-state index contributed by atoms with van der Waals surface area (Å²) in [5, 5.41) is 0. The van der Waals surface area contributed by atoms with Gasteiger partial charge in [-0.3, -0.25) is 4.72 Å². The standard InChI is InChI=1S/C11H16N2O4S/c1-3-12-18(15,16)13-10-8-6-5-7-9(10)11(14)17-4-2/h5-8,12-13H,3-4H2,1-2H3. The lowest BCUT2D eigenvalue weighted by Crippen LogP contribution is -2.30. The maximum atomic E-state index is 11.6. The zero-order chi connectivity index (χ0) is 13.6. The molecule has 0 fully saturated rings. The van der Waals surface area contributed by atoms with Crippen LogP contribution in [0.5, 0.6) is 0 Å². The van der Waals surface area contributed by atoms with E-state index < -0.39 is 16.2 Å². The average Bonchev–Trinajstić information content (AvgIpc) is 2.29. The molecule has 0 aromatic heterocycles. The van der Waals surface area contributed by atoms with E-state index in [9.17, 15) is 13.2 Å². The van der Waals surface area contributed by atoms with Crippen molar-refractivity contribution in [3.8, 4) is 0 Å². The summed E-state index contributed by atoms with van der Waals surface area (Å²) in [6.07, 6.45) is 0. The van der Waals surface area contributed by atoms with Gasteiger partial charge in [0.2, 0.25) is 0 Å². The lowest BCUT2D eigenvalue weighted by atomic mass is 10.2. The maximum absolute atomic E-state index is 11.6. The Bertz CT molecular complexity index is 514. The Morgan fingerprint density at radius 1 is 1.28 bits per heavy atom. The van der Waals surface area contributed by atoms with Crippen molar-refractivity contribution in [3.05, 3.63) is 29.8 Å². The third-order valence-corrected chi connectivity index (χ3v) is 3.16. The first-order valence-electron chi connectivity index (χ1n) is 5.53. The Labute approximate surface area is 107 Å². The molecule has 1 rings (SSSR count). The van der Waals surface area contributed by atoms with Crippen LogP contribution in [0.3, 0.4) is 0 Å². The largest absolute Gasteiger partial charge is 0.462 e. The minimum Gasteiger partial charge on any atom is -0.462 e. The summed E-state index contributed by atoms with van der Waals surface area (Å²) in [5.74, 6) is -0.563. The molecule has 0 saturated carbocycles. The molecule has 0 atom stereocenters. The number of nitrogens with one attached hydrogen (secondary N) is 2. The second-order valence-corrected chi connectivity index (χ2v) is 4.87. The highest BCUT2D eigenvalue weighted by atomic mass is 32.2. The fraction of sp³-hybridized carbons (Fsp3) is 0.364. The second kappa shape index (κ2) is 6.36. The van der Waals surface area contributed by atoms with Gasteiger partial charge in [-0.25, -0.2) is 4.79 Å². The molecule has 7 heteroatoms. The smallest absolute Gasteiger partial charge is 0.340 e. The van der Waals surface area contributed by atoms with Gasteiger partial charge < -0.3 is 4.74 Å². The predicted molar refractivity (Wildman–Crippen MR) is 68.6 cm³/mol. The monoisotopic (exact) mass is 272 g/mol. The van der Waals surface area contributed by atoms with Crippen LogP contribution in [0.2, 0.25) is 0 Å². The van der Waals surface area contributed by atoms with Crippen molar-refractivity contribution in [3.63, 3.8) is 0 Å². The molecule has 0 radical (unpaired) electrons. The van der Waals surface area contributed by atoms with E-state index >= 15 is 0 Å². The molecule has 0 aliphatic heterocycles. The zero-order valence-electron chi connectivity index (χ0n) is 10.3. The van der Waals surface area contributed by atoms with Crippen molar-refractivity contribution in [2.24, 2.45) is 0 Å². The summed E-state index contributed by atoms with van der Waals surface area (Å²) in [4.78, 5) is 11.6. The topological polar surface area (TPSA) is 84.5 Å². The number of carbonyl (C=O) groups is 1. The molecule has 2 N–H and O–H groups in total. The van der Waals surface area contributed by atoms with Crippen molar-refractivity contribution in [1.29, 1.82) is 0 Å². The third-order valence-electron chi connectivity index (χ3n) is 2.00. The van der Waals surface area contributed by atoms with E-state index in [0.717, 1.165) is 0 Å². The fourth-order valence-corrected chi connectivity index (χ4v) is 2.25. The summed E-state index contributed by atoms with van der Waals surface area (Å²) < 4.78 is 32.5. The van der Waals surface area contributed by atoms with E-state index in [-0.39, 0.29) is 24.4 Å². The number of benzene rings is 1. The Morgan fingerprint density at radius 2 is 1.94 bits per heavy atom. The van der Waals surface area contributed by atoms with Crippen molar-refractivity contribution in [2.45, 2.75) is 13.8 Å². The molecule has 0 spiro atoms. The van der Waals surface area contributed by atoms with Crippen LogP contribution in [0.25, 0.3) is 0 Å². The van der Waals surface area contributed by atoms with Crippen LogP contribution < -0.4 is 9.44 Å². The second-order valence-electron chi connectivity index (χ2n) is 3.37. The Kier molecular flexibility index (Phi) is 5.11. The first-order chi connectivity index (χ1) is 8.50. The van der Waals surface area contributed by atoms with Gasteiger partial charge in [0.25, 0.3) is 10.2 Å². The van der Waals surface area contributed by atoms with Gasteiger partial charge in [0.1, 0.15) is 0 Å². The molecule has 0 amide bonds. The van der Waals surface area contributed by atoms with E-state index in [4.69, 9.17) is 4.74 Å². The van der Waals surface area contributed by atoms with Crippen LogP contribution in [-0.4, -0.2) is 27.5 Å². The minimum atomic E-state index is -3.66. The highest BCUT2D eigenvalue weighted by Crippen LogP contribution is 2.17. The molecule has 1 aromatic rings. The molecule has 0 saturated heterocycles. The number of anilines is 1. The van der Waals surface area contributed by atoms with E-state index in [2.05, 4.69) is 9.44 Å². The number of hydrogen-bond donors (Lipinski definition) is 2. The first-order valence-corrected chi connectivity index (χ1v) is 7.02. The lowest BCUT2D eigenvalue weighted by molar-refractivity contribution is 0.0527. The molecular weight excluding hydrogens is 256 g/mol. The summed E-state index contributed by atoms with van der Waals surface area (Å²) in [5.41, 5.74) is 0.373. The van der Waals surface area contributed by atoms with E-state index in [0.29, 0.717) is 0 Å². The van der Waals surface area contributed by atoms with Crippen molar-refractivity contribution < 1.29 is 17.9 Å². The molecule has 1 aromatic carbocycles. The SMILES string of the molecule is CCNS(=O)(=O)Nc1ccccc1C(=O)OCC. The molecule has 100 valence electrons. The summed E-state index contributed by atoms with van der Waals surface area (Å²) >= 11 is 0. The summed E-state index contributed by atoms with van der Waals surface area (Å²) in [6.45, 7) is 3.84. The Balaban J connectivity index is 2.99. The zero-order valence-corrected chi connectivity index (χ0v) is 11.1. The molecule has 0 bridgehead atoms. The van der Waals surface area contributed by atoms with Crippen LogP contribution in [-0.2, 0) is 14.9 Å². The van der Waals surface area contributed by atoms with Gasteiger partial charge in [-0.05, 0) is 19.1 Å². The van der Waals surface area contributed by atoms with Crippen LogP contribution in [0, 0.1) is 0 Å². The van der Waals surface area contributed by atoms with Gasteiger partial charge in [0.05, 0.1) is 17.9 Å². The lowest BCUT2D eigenvalue weighted by Gasteiger charge is -2.11. The molecular formula is C11H16N2O4S. The van der Waals surface area contributed by atoms with Crippen molar-refractivity contribution in [1.82, 2.24) is 4.72 Å². The van der Waals surface area contributed by atoms with Crippen LogP contribution in [0.15, 0.2) is 24.3 Å². The number of rotatable bonds is 6. The van der Waals surface area contributed by atoms with E-state index in [1.807, 2.05) is 0 Å². The highest BCUT2D eigenvalue weighted by Gasteiger charge is 2.16. The molecule has 6 nitrogen and oxygen atoms in total. The summed E-state index contributed by atoms with van der Waals surface area (Å²) in [7, 11) is -3.66. The Morgan fingerprint density at radius 3 is 2.56 bits per heavy atom. The number of ether oxygens (including phenoxy) is 1. The number of hydrogen-bond acceptors (Lipinski definition) is 4. The quantitative estimate of drug-likeness (QED) is 0.760.